The van der Waals surface area contributed by atoms with Crippen molar-refractivity contribution in [2.45, 2.75) is 50.9 Å². The maximum atomic E-state index is 12.7. The van der Waals surface area contributed by atoms with Crippen molar-refractivity contribution in [3.8, 4) is 0 Å². The lowest BCUT2D eigenvalue weighted by Crippen LogP contribution is -2.39. The number of hydrogen-bond donors (Lipinski definition) is 1. The zero-order valence-electron chi connectivity index (χ0n) is 13.5. The molecule has 1 amide bonds. The Balaban J connectivity index is 1.59. The summed E-state index contributed by atoms with van der Waals surface area (Å²) >= 11 is 0. The molecular weight excluding hydrogens is 272 g/mol. The van der Waals surface area contributed by atoms with Crippen LogP contribution in [0.2, 0.25) is 0 Å². The zero-order valence-corrected chi connectivity index (χ0v) is 13.5. The summed E-state index contributed by atoms with van der Waals surface area (Å²) < 4.78 is 0. The topological polar surface area (TPSA) is 46.3 Å². The first-order valence-corrected chi connectivity index (χ1v) is 8.75. The first kappa shape index (κ1) is 15.5. The van der Waals surface area contributed by atoms with Crippen molar-refractivity contribution in [2.24, 2.45) is 11.1 Å². The van der Waals surface area contributed by atoms with E-state index in [1.54, 1.807) is 0 Å². The van der Waals surface area contributed by atoms with E-state index in [0.717, 1.165) is 32.4 Å². The fourth-order valence-electron chi connectivity index (χ4n) is 4.17. The molecule has 2 N–H and O–H groups in total. The number of hydrogen-bond acceptors (Lipinski definition) is 2. The van der Waals surface area contributed by atoms with Crippen LogP contribution in [0.5, 0.6) is 0 Å². The smallest absolute Gasteiger partial charge is 0.223 e. The van der Waals surface area contributed by atoms with Gasteiger partial charge in [0, 0.05) is 25.4 Å². The van der Waals surface area contributed by atoms with E-state index in [2.05, 4.69) is 35.2 Å². The Bertz CT molecular complexity index is 493. The molecule has 1 heterocycles. The lowest BCUT2D eigenvalue weighted by atomic mass is 9.71. The standard InChI is InChI=1S/C19H28N2O/c20-15-19(10-5-2-6-11-19)13-18(22)21-12-9-17(14-21)16-7-3-1-4-8-16/h1,3-4,7-8,17H,2,5-6,9-15,20H2. The third-order valence-electron chi connectivity index (χ3n) is 5.69. The number of rotatable bonds is 4. The largest absolute Gasteiger partial charge is 0.342 e. The molecule has 3 rings (SSSR count). The molecule has 0 spiro atoms. The van der Waals surface area contributed by atoms with Crippen LogP contribution in [0.3, 0.4) is 0 Å². The third kappa shape index (κ3) is 3.35. The van der Waals surface area contributed by atoms with Crippen LogP contribution in [0.25, 0.3) is 0 Å². The van der Waals surface area contributed by atoms with Gasteiger partial charge in [0.1, 0.15) is 0 Å². The highest BCUT2D eigenvalue weighted by Crippen LogP contribution is 2.39. The fraction of sp³-hybridized carbons (Fsp3) is 0.632. The van der Waals surface area contributed by atoms with E-state index in [0.29, 0.717) is 24.8 Å². The van der Waals surface area contributed by atoms with Gasteiger partial charge < -0.3 is 10.6 Å². The predicted octanol–water partition coefficient (Wildman–Crippen LogP) is 3.30. The molecule has 1 aromatic carbocycles. The van der Waals surface area contributed by atoms with Gasteiger partial charge in [-0.15, -0.1) is 0 Å². The molecule has 1 saturated carbocycles. The fourth-order valence-corrected chi connectivity index (χ4v) is 4.17. The van der Waals surface area contributed by atoms with Crippen molar-refractivity contribution in [1.29, 1.82) is 0 Å². The lowest BCUT2D eigenvalue weighted by molar-refractivity contribution is -0.133. The van der Waals surface area contributed by atoms with E-state index in [1.807, 2.05) is 0 Å². The van der Waals surface area contributed by atoms with Crippen LogP contribution in [-0.2, 0) is 4.79 Å². The summed E-state index contributed by atoms with van der Waals surface area (Å²) in [5, 5.41) is 0. The SMILES string of the molecule is NCC1(CC(=O)N2CCC(c3ccccc3)C2)CCCCC1. The molecule has 1 aliphatic heterocycles. The van der Waals surface area contributed by atoms with Crippen LogP contribution in [0, 0.1) is 5.41 Å². The monoisotopic (exact) mass is 300 g/mol. The molecule has 22 heavy (non-hydrogen) atoms. The van der Waals surface area contributed by atoms with Crippen LogP contribution in [0.15, 0.2) is 30.3 Å². The average Bonchev–Trinajstić information content (AvgIpc) is 3.07. The minimum Gasteiger partial charge on any atom is -0.342 e. The Labute approximate surface area is 133 Å². The number of carbonyl (C=O) groups excluding carboxylic acids is 1. The number of nitrogens with two attached hydrogens (primary N) is 1. The van der Waals surface area contributed by atoms with Crippen LogP contribution in [-0.4, -0.2) is 30.4 Å². The molecule has 3 nitrogen and oxygen atoms in total. The van der Waals surface area contributed by atoms with Crippen molar-refractivity contribution >= 4 is 5.91 Å². The van der Waals surface area contributed by atoms with Crippen LogP contribution < -0.4 is 5.73 Å². The lowest BCUT2D eigenvalue weighted by Gasteiger charge is -2.36. The highest BCUT2D eigenvalue weighted by atomic mass is 16.2. The molecule has 0 aromatic heterocycles. The molecule has 1 saturated heterocycles. The first-order valence-electron chi connectivity index (χ1n) is 8.75. The van der Waals surface area contributed by atoms with Gasteiger partial charge in [0.2, 0.25) is 5.91 Å². The average molecular weight is 300 g/mol. The van der Waals surface area contributed by atoms with Gasteiger partial charge >= 0.3 is 0 Å². The van der Waals surface area contributed by atoms with Crippen molar-refractivity contribution in [1.82, 2.24) is 4.90 Å². The van der Waals surface area contributed by atoms with E-state index >= 15 is 0 Å². The van der Waals surface area contributed by atoms with E-state index in [-0.39, 0.29) is 5.41 Å². The first-order chi connectivity index (χ1) is 10.7. The number of amides is 1. The molecule has 0 radical (unpaired) electrons. The van der Waals surface area contributed by atoms with Crippen LogP contribution in [0.4, 0.5) is 0 Å². The molecule has 3 heteroatoms. The minimum atomic E-state index is 0.0835. The Hall–Kier alpha value is -1.35. The van der Waals surface area contributed by atoms with Gasteiger partial charge in [-0.05, 0) is 36.8 Å². The maximum Gasteiger partial charge on any atom is 0.223 e. The van der Waals surface area contributed by atoms with E-state index in [4.69, 9.17) is 5.73 Å². The highest BCUT2D eigenvalue weighted by Gasteiger charge is 2.36. The van der Waals surface area contributed by atoms with Gasteiger partial charge in [-0.3, -0.25) is 4.79 Å². The summed E-state index contributed by atoms with van der Waals surface area (Å²) in [6.07, 6.45) is 7.77. The van der Waals surface area contributed by atoms with Crippen molar-refractivity contribution in [3.05, 3.63) is 35.9 Å². The summed E-state index contributed by atoms with van der Waals surface area (Å²) in [4.78, 5) is 14.8. The van der Waals surface area contributed by atoms with Gasteiger partial charge in [0.05, 0.1) is 0 Å². The van der Waals surface area contributed by atoms with Crippen molar-refractivity contribution in [3.63, 3.8) is 0 Å². The molecule has 2 fully saturated rings. The molecule has 1 aromatic rings. The predicted molar refractivity (Wildman–Crippen MR) is 89.6 cm³/mol. The maximum absolute atomic E-state index is 12.7. The second-order valence-corrected chi connectivity index (χ2v) is 7.18. The normalized spacial score (nSPS) is 24.4. The van der Waals surface area contributed by atoms with E-state index in [9.17, 15) is 4.79 Å². The van der Waals surface area contributed by atoms with Gasteiger partial charge in [0.25, 0.3) is 0 Å². The number of nitrogens with zero attached hydrogens (tertiary/aromatic N) is 1. The Morgan fingerprint density at radius 2 is 1.91 bits per heavy atom. The second-order valence-electron chi connectivity index (χ2n) is 7.18. The van der Waals surface area contributed by atoms with Gasteiger partial charge in [-0.1, -0.05) is 49.6 Å². The number of benzene rings is 1. The molecular formula is C19H28N2O. The summed E-state index contributed by atoms with van der Waals surface area (Å²) in [5.41, 5.74) is 7.48. The Morgan fingerprint density at radius 1 is 1.18 bits per heavy atom. The molecule has 1 unspecified atom stereocenters. The minimum absolute atomic E-state index is 0.0835. The highest BCUT2D eigenvalue weighted by molar-refractivity contribution is 5.77. The van der Waals surface area contributed by atoms with Gasteiger partial charge in [0.15, 0.2) is 0 Å². The summed E-state index contributed by atoms with van der Waals surface area (Å²) in [7, 11) is 0. The summed E-state index contributed by atoms with van der Waals surface area (Å²) in [6, 6.07) is 10.6. The molecule has 1 atom stereocenters. The van der Waals surface area contributed by atoms with Gasteiger partial charge in [-0.25, -0.2) is 0 Å². The third-order valence-corrected chi connectivity index (χ3v) is 5.69. The molecule has 2 aliphatic rings. The summed E-state index contributed by atoms with van der Waals surface area (Å²) in [5.74, 6) is 0.830. The quantitative estimate of drug-likeness (QED) is 0.927. The van der Waals surface area contributed by atoms with Gasteiger partial charge in [-0.2, -0.15) is 0 Å². The number of carbonyl (C=O) groups is 1. The molecule has 0 bridgehead atoms. The van der Waals surface area contributed by atoms with Crippen molar-refractivity contribution in [2.75, 3.05) is 19.6 Å². The Morgan fingerprint density at radius 3 is 2.59 bits per heavy atom. The molecule has 120 valence electrons. The van der Waals surface area contributed by atoms with E-state index in [1.165, 1.54) is 24.8 Å². The summed E-state index contributed by atoms with van der Waals surface area (Å²) in [6.45, 7) is 2.44. The van der Waals surface area contributed by atoms with Crippen molar-refractivity contribution < 1.29 is 4.79 Å². The molecule has 1 aliphatic carbocycles. The van der Waals surface area contributed by atoms with Crippen LogP contribution in [0.1, 0.15) is 56.4 Å². The van der Waals surface area contributed by atoms with E-state index < -0.39 is 0 Å². The zero-order chi connectivity index (χ0) is 15.4. The Kier molecular flexibility index (Phi) is 4.82. The van der Waals surface area contributed by atoms with Crippen LogP contribution >= 0.6 is 0 Å². The number of likely N-dealkylation sites (tertiary alicyclic amines) is 1. The second kappa shape index (κ2) is 6.82.